The van der Waals surface area contributed by atoms with E-state index < -0.39 is 0 Å². The Morgan fingerprint density at radius 1 is 1.29 bits per heavy atom. The lowest BCUT2D eigenvalue weighted by Gasteiger charge is -2.40. The Hall–Kier alpha value is -0.110. The first-order valence-electron chi connectivity index (χ1n) is 5.69. The highest BCUT2D eigenvalue weighted by Gasteiger charge is 2.34. The lowest BCUT2D eigenvalue weighted by atomic mass is 9.67. The van der Waals surface area contributed by atoms with Crippen molar-refractivity contribution in [1.29, 1.82) is 0 Å². The van der Waals surface area contributed by atoms with E-state index in [9.17, 15) is 9.50 Å². The number of hydrogen-bond acceptors (Lipinski definition) is 1. The third kappa shape index (κ3) is 2.94. The second-order valence-electron chi connectivity index (χ2n) is 5.68. The molecule has 3 unspecified atom stereocenters. The van der Waals surface area contributed by atoms with Crippen LogP contribution in [0.15, 0.2) is 0 Å². The molecule has 1 rings (SSSR count). The van der Waals surface area contributed by atoms with Gasteiger partial charge < -0.3 is 5.11 Å². The van der Waals surface area contributed by atoms with Crippen LogP contribution in [-0.4, -0.2) is 17.9 Å². The fraction of sp³-hybridized carbons (Fsp3) is 1.00. The molecule has 0 aromatic rings. The van der Waals surface area contributed by atoms with Gasteiger partial charge >= 0.3 is 0 Å². The van der Waals surface area contributed by atoms with Crippen molar-refractivity contribution in [2.24, 2.45) is 17.3 Å². The molecule has 0 aromatic carbocycles. The summed E-state index contributed by atoms with van der Waals surface area (Å²) in [4.78, 5) is 0. The fourth-order valence-electron chi connectivity index (χ4n) is 2.48. The van der Waals surface area contributed by atoms with E-state index in [2.05, 4.69) is 20.8 Å². The average molecular weight is 202 g/mol. The molecule has 0 radical (unpaired) electrons. The predicted molar refractivity (Wildman–Crippen MR) is 56.9 cm³/mol. The van der Waals surface area contributed by atoms with Crippen molar-refractivity contribution in [3.8, 4) is 0 Å². The summed E-state index contributed by atoms with van der Waals surface area (Å²) in [6.45, 7) is 6.42. The second-order valence-corrected chi connectivity index (χ2v) is 5.68. The van der Waals surface area contributed by atoms with Gasteiger partial charge in [-0.25, -0.2) is 0 Å². The van der Waals surface area contributed by atoms with Gasteiger partial charge in [0.2, 0.25) is 0 Å². The van der Waals surface area contributed by atoms with E-state index in [1.54, 1.807) is 0 Å². The molecule has 1 nitrogen and oxygen atoms in total. The Morgan fingerprint density at radius 3 is 2.43 bits per heavy atom. The molecule has 0 amide bonds. The zero-order chi connectivity index (χ0) is 10.8. The number of aliphatic hydroxyl groups is 1. The zero-order valence-corrected chi connectivity index (χ0v) is 9.59. The van der Waals surface area contributed by atoms with Crippen molar-refractivity contribution in [2.45, 2.75) is 52.6 Å². The van der Waals surface area contributed by atoms with E-state index in [-0.39, 0.29) is 18.7 Å². The molecule has 1 aliphatic carbocycles. The van der Waals surface area contributed by atoms with Crippen molar-refractivity contribution >= 4 is 0 Å². The van der Waals surface area contributed by atoms with E-state index in [0.717, 1.165) is 19.3 Å². The first kappa shape index (κ1) is 12.0. The summed E-state index contributed by atoms with van der Waals surface area (Å²) >= 11 is 0. The molecule has 1 aliphatic rings. The molecular weight excluding hydrogens is 179 g/mol. The van der Waals surface area contributed by atoms with Crippen molar-refractivity contribution in [3.63, 3.8) is 0 Å². The standard InChI is InChI=1S/C12H23FO/c1-12(2,3)10-4-5-11(14)9(8-10)6-7-13/h9-11,14H,4-8H2,1-3H3. The molecule has 0 aromatic heterocycles. The van der Waals surface area contributed by atoms with Gasteiger partial charge in [0.15, 0.2) is 0 Å². The fourth-order valence-corrected chi connectivity index (χ4v) is 2.48. The van der Waals surface area contributed by atoms with Gasteiger partial charge in [0, 0.05) is 0 Å². The maximum atomic E-state index is 12.3. The molecule has 0 aliphatic heterocycles. The molecule has 1 N–H and O–H groups in total. The second kappa shape index (κ2) is 4.61. The molecule has 1 saturated carbocycles. The molecule has 0 bridgehead atoms. The first-order valence-corrected chi connectivity index (χ1v) is 5.69. The molecule has 2 heteroatoms. The largest absolute Gasteiger partial charge is 0.393 e. The van der Waals surface area contributed by atoms with Crippen LogP contribution in [0, 0.1) is 17.3 Å². The Bertz CT molecular complexity index is 174. The highest BCUT2D eigenvalue weighted by Crippen LogP contribution is 2.41. The summed E-state index contributed by atoms with van der Waals surface area (Å²) in [7, 11) is 0. The quantitative estimate of drug-likeness (QED) is 0.729. The van der Waals surface area contributed by atoms with E-state index in [1.807, 2.05) is 0 Å². The van der Waals surface area contributed by atoms with Crippen LogP contribution >= 0.6 is 0 Å². The highest BCUT2D eigenvalue weighted by atomic mass is 19.1. The molecule has 14 heavy (non-hydrogen) atoms. The molecule has 0 heterocycles. The monoisotopic (exact) mass is 202 g/mol. The van der Waals surface area contributed by atoms with Crippen LogP contribution < -0.4 is 0 Å². The Kier molecular flexibility index (Phi) is 3.94. The Labute approximate surface area is 86.7 Å². The lowest BCUT2D eigenvalue weighted by Crippen LogP contribution is -2.34. The summed E-state index contributed by atoms with van der Waals surface area (Å²) in [5.74, 6) is 0.834. The van der Waals surface area contributed by atoms with Gasteiger partial charge in [-0.05, 0) is 42.9 Å². The number of alkyl halides is 1. The van der Waals surface area contributed by atoms with Crippen LogP contribution in [0.3, 0.4) is 0 Å². The zero-order valence-electron chi connectivity index (χ0n) is 9.59. The number of hydrogen-bond donors (Lipinski definition) is 1. The minimum atomic E-state index is -0.293. The minimum Gasteiger partial charge on any atom is -0.393 e. The van der Waals surface area contributed by atoms with Crippen molar-refractivity contribution < 1.29 is 9.50 Å². The SMILES string of the molecule is CC(C)(C)C1CCC(O)C(CCF)C1. The van der Waals surface area contributed by atoms with Gasteiger partial charge in [-0.3, -0.25) is 4.39 Å². The normalized spacial score (nSPS) is 34.5. The van der Waals surface area contributed by atoms with Crippen molar-refractivity contribution in [3.05, 3.63) is 0 Å². The van der Waals surface area contributed by atoms with E-state index >= 15 is 0 Å². The molecule has 84 valence electrons. The van der Waals surface area contributed by atoms with Crippen molar-refractivity contribution in [2.75, 3.05) is 6.67 Å². The third-order valence-corrected chi connectivity index (χ3v) is 3.65. The lowest BCUT2D eigenvalue weighted by molar-refractivity contribution is 0.0133. The van der Waals surface area contributed by atoms with E-state index in [1.165, 1.54) is 0 Å². The summed E-state index contributed by atoms with van der Waals surface area (Å²) in [6, 6.07) is 0. The average Bonchev–Trinajstić information content (AvgIpc) is 2.07. The number of halogens is 1. The van der Waals surface area contributed by atoms with Gasteiger partial charge in [0.1, 0.15) is 0 Å². The van der Waals surface area contributed by atoms with Crippen LogP contribution in [0.1, 0.15) is 46.5 Å². The third-order valence-electron chi connectivity index (χ3n) is 3.65. The van der Waals surface area contributed by atoms with Crippen molar-refractivity contribution in [1.82, 2.24) is 0 Å². The smallest absolute Gasteiger partial charge is 0.0898 e. The van der Waals surface area contributed by atoms with E-state index in [4.69, 9.17) is 0 Å². The summed E-state index contributed by atoms with van der Waals surface area (Å²) in [5, 5.41) is 9.72. The van der Waals surface area contributed by atoms with Gasteiger partial charge in [-0.15, -0.1) is 0 Å². The molecule has 0 spiro atoms. The summed E-state index contributed by atoms with van der Waals surface area (Å²) in [6.07, 6.45) is 3.21. The van der Waals surface area contributed by atoms with Gasteiger partial charge in [-0.1, -0.05) is 20.8 Å². The predicted octanol–water partition coefficient (Wildman–Crippen LogP) is 3.17. The maximum Gasteiger partial charge on any atom is 0.0898 e. The molecule has 0 saturated heterocycles. The van der Waals surface area contributed by atoms with Gasteiger partial charge in [0.05, 0.1) is 12.8 Å². The number of aliphatic hydroxyl groups excluding tert-OH is 1. The molecule has 3 atom stereocenters. The van der Waals surface area contributed by atoms with Crippen LogP contribution in [0.5, 0.6) is 0 Å². The molecule has 1 fully saturated rings. The van der Waals surface area contributed by atoms with Crippen LogP contribution in [0.2, 0.25) is 0 Å². The molecular formula is C12H23FO. The summed E-state index contributed by atoms with van der Waals surface area (Å²) < 4.78 is 12.3. The first-order chi connectivity index (χ1) is 6.45. The van der Waals surface area contributed by atoms with Gasteiger partial charge in [0.25, 0.3) is 0 Å². The Balaban J connectivity index is 2.53. The maximum absolute atomic E-state index is 12.3. The highest BCUT2D eigenvalue weighted by molar-refractivity contribution is 4.85. The van der Waals surface area contributed by atoms with E-state index in [0.29, 0.717) is 17.8 Å². The van der Waals surface area contributed by atoms with Crippen LogP contribution in [0.25, 0.3) is 0 Å². The minimum absolute atomic E-state index is 0.193. The van der Waals surface area contributed by atoms with Crippen LogP contribution in [-0.2, 0) is 0 Å². The number of rotatable bonds is 2. The van der Waals surface area contributed by atoms with Gasteiger partial charge in [-0.2, -0.15) is 0 Å². The Morgan fingerprint density at radius 2 is 1.93 bits per heavy atom. The van der Waals surface area contributed by atoms with Crippen LogP contribution in [0.4, 0.5) is 4.39 Å². The summed E-state index contributed by atoms with van der Waals surface area (Å²) in [5.41, 5.74) is 0.300. The topological polar surface area (TPSA) is 20.2 Å².